The number of thiocyanates is 1. The molecule has 0 amide bonds. The zero-order valence-electron chi connectivity index (χ0n) is 11.8. The van der Waals surface area contributed by atoms with E-state index in [4.69, 9.17) is 5.26 Å². The fourth-order valence-electron chi connectivity index (χ4n) is 2.25. The van der Waals surface area contributed by atoms with Crippen molar-refractivity contribution < 1.29 is 0 Å². The van der Waals surface area contributed by atoms with Crippen LogP contribution in [0.15, 0.2) is 77.8 Å². The molecule has 3 aromatic rings. The first-order chi connectivity index (χ1) is 10.9. The first-order valence-corrected chi connectivity index (χ1v) is 9.50. The first-order valence-electron chi connectivity index (χ1n) is 6.84. The van der Waals surface area contributed by atoms with Crippen LogP contribution >= 0.6 is 11.8 Å². The Labute approximate surface area is 140 Å². The summed E-state index contributed by atoms with van der Waals surface area (Å²) in [5.41, 5.74) is 1.14. The standard InChI is InChI=1S/C19H13NSSe/c20-14-21-19(13-22-16-9-2-1-3-10-16)18-12-6-8-15-7-4-5-11-17(15)18/h1-13H. The van der Waals surface area contributed by atoms with Gasteiger partial charge in [0, 0.05) is 0 Å². The van der Waals surface area contributed by atoms with E-state index in [0.717, 1.165) is 10.5 Å². The Kier molecular flexibility index (Phi) is 4.98. The molecule has 0 saturated carbocycles. The molecule has 0 aliphatic rings. The Morgan fingerprint density at radius 1 is 0.909 bits per heavy atom. The minimum absolute atomic E-state index is 0.220. The molecule has 0 atom stereocenters. The van der Waals surface area contributed by atoms with Crippen LogP contribution in [0.2, 0.25) is 0 Å². The number of rotatable bonds is 4. The zero-order chi connectivity index (χ0) is 15.2. The van der Waals surface area contributed by atoms with Crippen LogP contribution in [0.25, 0.3) is 15.7 Å². The summed E-state index contributed by atoms with van der Waals surface area (Å²) in [5.74, 6) is 0. The van der Waals surface area contributed by atoms with Crippen molar-refractivity contribution >= 4 is 46.9 Å². The third kappa shape index (κ3) is 3.43. The number of benzene rings is 3. The van der Waals surface area contributed by atoms with Crippen molar-refractivity contribution in [2.24, 2.45) is 0 Å². The van der Waals surface area contributed by atoms with E-state index in [1.54, 1.807) is 0 Å². The maximum absolute atomic E-state index is 9.15. The summed E-state index contributed by atoms with van der Waals surface area (Å²) in [6, 6.07) is 25.0. The van der Waals surface area contributed by atoms with Gasteiger partial charge < -0.3 is 0 Å². The summed E-state index contributed by atoms with van der Waals surface area (Å²) in [4.78, 5) is 3.25. The molecule has 3 rings (SSSR count). The molecule has 0 bridgehead atoms. The molecule has 0 aromatic heterocycles. The topological polar surface area (TPSA) is 23.8 Å². The maximum atomic E-state index is 9.15. The summed E-state index contributed by atoms with van der Waals surface area (Å²) in [5, 5.41) is 13.8. The van der Waals surface area contributed by atoms with Crippen molar-refractivity contribution in [1.82, 2.24) is 0 Å². The van der Waals surface area contributed by atoms with E-state index in [2.05, 4.69) is 65.0 Å². The van der Waals surface area contributed by atoms with Crippen LogP contribution in [0.4, 0.5) is 0 Å². The fourth-order valence-corrected chi connectivity index (χ4v) is 4.68. The molecule has 106 valence electrons. The van der Waals surface area contributed by atoms with Crippen LogP contribution in [0, 0.1) is 10.7 Å². The molecule has 0 unspecified atom stereocenters. The van der Waals surface area contributed by atoms with Gasteiger partial charge in [-0.15, -0.1) is 0 Å². The number of hydrogen-bond acceptors (Lipinski definition) is 2. The van der Waals surface area contributed by atoms with Gasteiger partial charge in [-0.1, -0.05) is 0 Å². The van der Waals surface area contributed by atoms with Crippen molar-refractivity contribution in [3.63, 3.8) is 0 Å². The SMILES string of the molecule is N#CSC(=C[Se]c1ccccc1)c1cccc2ccccc12. The zero-order valence-corrected chi connectivity index (χ0v) is 14.3. The Bertz CT molecular complexity index is 845. The van der Waals surface area contributed by atoms with E-state index in [0.29, 0.717) is 0 Å². The van der Waals surface area contributed by atoms with Crippen molar-refractivity contribution in [2.45, 2.75) is 0 Å². The second kappa shape index (κ2) is 7.33. The molecule has 0 saturated heterocycles. The van der Waals surface area contributed by atoms with Gasteiger partial charge in [-0.25, -0.2) is 0 Å². The van der Waals surface area contributed by atoms with E-state index in [9.17, 15) is 0 Å². The van der Waals surface area contributed by atoms with Crippen LogP contribution in [-0.2, 0) is 0 Å². The number of nitriles is 1. The van der Waals surface area contributed by atoms with Crippen molar-refractivity contribution in [2.75, 3.05) is 0 Å². The summed E-state index contributed by atoms with van der Waals surface area (Å²) in [6.07, 6.45) is 0. The molecule has 0 radical (unpaired) electrons. The molecule has 0 heterocycles. The Balaban J connectivity index is 2.01. The van der Waals surface area contributed by atoms with Gasteiger partial charge in [-0.3, -0.25) is 0 Å². The van der Waals surface area contributed by atoms with Crippen LogP contribution in [0.5, 0.6) is 0 Å². The van der Waals surface area contributed by atoms with Gasteiger partial charge in [-0.05, 0) is 0 Å². The van der Waals surface area contributed by atoms with Crippen LogP contribution in [0.1, 0.15) is 5.56 Å². The molecular weight excluding hydrogens is 353 g/mol. The van der Waals surface area contributed by atoms with E-state index in [1.807, 2.05) is 18.2 Å². The third-order valence-corrected chi connectivity index (χ3v) is 6.13. The average Bonchev–Trinajstić information content (AvgIpc) is 2.59. The van der Waals surface area contributed by atoms with E-state index in [-0.39, 0.29) is 15.0 Å². The molecule has 22 heavy (non-hydrogen) atoms. The summed E-state index contributed by atoms with van der Waals surface area (Å²) < 4.78 is 1.31. The van der Waals surface area contributed by atoms with Gasteiger partial charge in [0.25, 0.3) is 0 Å². The summed E-state index contributed by atoms with van der Waals surface area (Å²) >= 11 is 1.47. The molecule has 1 nitrogen and oxygen atoms in total. The van der Waals surface area contributed by atoms with Gasteiger partial charge in [0.1, 0.15) is 0 Å². The summed E-state index contributed by atoms with van der Waals surface area (Å²) in [7, 11) is 0. The van der Waals surface area contributed by atoms with Crippen LogP contribution in [-0.4, -0.2) is 15.0 Å². The predicted molar refractivity (Wildman–Crippen MR) is 97.0 cm³/mol. The second-order valence-corrected chi connectivity index (χ2v) is 7.44. The first kappa shape index (κ1) is 14.9. The molecule has 0 N–H and O–H groups in total. The number of nitrogens with zero attached hydrogens (tertiary/aromatic N) is 1. The molecule has 0 aliphatic carbocycles. The molecule has 0 fully saturated rings. The van der Waals surface area contributed by atoms with Crippen molar-refractivity contribution in [3.05, 3.63) is 83.3 Å². The number of fused-ring (bicyclic) bond motifs is 1. The molecule has 0 spiro atoms. The monoisotopic (exact) mass is 367 g/mol. The second-order valence-electron chi connectivity index (χ2n) is 4.63. The Hall–Kier alpha value is -1.98. The Morgan fingerprint density at radius 2 is 1.64 bits per heavy atom. The van der Waals surface area contributed by atoms with Gasteiger partial charge >= 0.3 is 141 Å². The number of thioether (sulfide) groups is 1. The van der Waals surface area contributed by atoms with Gasteiger partial charge in [0.05, 0.1) is 0 Å². The van der Waals surface area contributed by atoms with Crippen molar-refractivity contribution in [3.8, 4) is 5.40 Å². The molecule has 0 aliphatic heterocycles. The fraction of sp³-hybridized carbons (Fsp3) is 0. The third-order valence-electron chi connectivity index (χ3n) is 3.26. The van der Waals surface area contributed by atoms with Gasteiger partial charge in [-0.2, -0.15) is 0 Å². The molecule has 3 heteroatoms. The normalized spacial score (nSPS) is 11.3. The quantitative estimate of drug-likeness (QED) is 0.505. The van der Waals surface area contributed by atoms with Gasteiger partial charge in [0.2, 0.25) is 0 Å². The van der Waals surface area contributed by atoms with Crippen LogP contribution in [0.3, 0.4) is 0 Å². The molecule has 3 aromatic carbocycles. The number of hydrogen-bond donors (Lipinski definition) is 0. The van der Waals surface area contributed by atoms with Crippen LogP contribution < -0.4 is 4.46 Å². The predicted octanol–water partition coefficient (Wildman–Crippen LogP) is 4.38. The Morgan fingerprint density at radius 3 is 2.45 bits per heavy atom. The minimum atomic E-state index is 0.220. The average molecular weight is 366 g/mol. The van der Waals surface area contributed by atoms with E-state index < -0.39 is 0 Å². The van der Waals surface area contributed by atoms with E-state index in [1.165, 1.54) is 27.0 Å². The van der Waals surface area contributed by atoms with Gasteiger partial charge in [0.15, 0.2) is 0 Å². The summed E-state index contributed by atoms with van der Waals surface area (Å²) in [6.45, 7) is 0. The van der Waals surface area contributed by atoms with E-state index >= 15 is 0 Å². The van der Waals surface area contributed by atoms with Crippen molar-refractivity contribution in [1.29, 1.82) is 5.26 Å². The molecular formula is C19H13NSSe.